The molecule has 138 valence electrons. The van der Waals surface area contributed by atoms with Crippen LogP contribution in [0.25, 0.3) is 16.7 Å². The van der Waals surface area contributed by atoms with Crippen molar-refractivity contribution in [2.45, 2.75) is 0 Å². The lowest BCUT2D eigenvalue weighted by molar-refractivity contribution is -0.485. The van der Waals surface area contributed by atoms with Crippen LogP contribution >= 0.6 is 11.6 Å². The van der Waals surface area contributed by atoms with Gasteiger partial charge in [0.1, 0.15) is 0 Å². The lowest BCUT2D eigenvalue weighted by atomic mass is 10.1. The topological polar surface area (TPSA) is 48.7 Å². The molecule has 2 aromatic heterocycles. The molecule has 0 atom stereocenters. The number of amidine groups is 1. The first-order valence-corrected chi connectivity index (χ1v) is 9.55. The van der Waals surface area contributed by atoms with E-state index in [2.05, 4.69) is 16.3 Å². The van der Waals surface area contributed by atoms with E-state index >= 15 is 0 Å². The molecule has 6 nitrogen and oxygen atoms in total. The van der Waals surface area contributed by atoms with E-state index in [1.807, 2.05) is 93.5 Å². The maximum absolute atomic E-state index is 6.30. The zero-order chi connectivity index (χ0) is 19.4. The summed E-state index contributed by atoms with van der Waals surface area (Å²) in [6.45, 7) is 0. The van der Waals surface area contributed by atoms with E-state index < -0.39 is 0 Å². The van der Waals surface area contributed by atoms with Crippen LogP contribution in [0.3, 0.4) is 0 Å². The van der Waals surface area contributed by atoms with Crippen molar-refractivity contribution >= 4 is 51.2 Å². The van der Waals surface area contributed by atoms with Crippen molar-refractivity contribution in [3.63, 3.8) is 0 Å². The predicted octanol–water partition coefficient (Wildman–Crippen LogP) is 4.38. The molecule has 4 aromatic rings. The molecule has 0 bridgehead atoms. The molecule has 2 aromatic carbocycles. The highest BCUT2D eigenvalue weighted by Gasteiger charge is 2.26. The van der Waals surface area contributed by atoms with Gasteiger partial charge in [-0.05, 0) is 53.6 Å². The summed E-state index contributed by atoms with van der Waals surface area (Å²) < 4.78 is 2.03. The highest BCUT2D eigenvalue weighted by molar-refractivity contribution is 6.31. The number of hydrogen-bond donors (Lipinski definition) is 0. The molecule has 2 aliphatic rings. The second-order valence-electron chi connectivity index (χ2n) is 6.78. The van der Waals surface area contributed by atoms with Crippen LogP contribution in [0.5, 0.6) is 0 Å². The molecule has 0 amide bonds. The molecule has 0 fully saturated rings. The van der Waals surface area contributed by atoms with Crippen LogP contribution in [-0.2, 0) is 0 Å². The molecule has 6 rings (SSSR count). The quantitative estimate of drug-likeness (QED) is 0.353. The third-order valence-electron chi connectivity index (χ3n) is 5.03. The summed E-state index contributed by atoms with van der Waals surface area (Å²) in [6, 6.07) is 17.8. The predicted molar refractivity (Wildman–Crippen MR) is 114 cm³/mol. The lowest BCUT2D eigenvalue weighted by Gasteiger charge is -2.34. The van der Waals surface area contributed by atoms with Gasteiger partial charge in [0.2, 0.25) is 0 Å². The number of allylic oxidation sites excluding steroid dienone is 2. The van der Waals surface area contributed by atoms with Crippen molar-refractivity contribution in [2.24, 2.45) is 5.10 Å². The molecule has 7 heteroatoms. The minimum Gasteiger partial charge on any atom is -0.298 e. The Labute approximate surface area is 171 Å². The number of nitrogens with zero attached hydrogens (tertiary/aromatic N) is 6. The molecule has 0 saturated carbocycles. The number of aromatic nitrogens is 3. The van der Waals surface area contributed by atoms with E-state index in [4.69, 9.17) is 16.7 Å². The van der Waals surface area contributed by atoms with Crippen LogP contribution < -0.4 is 14.3 Å². The van der Waals surface area contributed by atoms with E-state index in [-0.39, 0.29) is 0 Å². The van der Waals surface area contributed by atoms with Crippen molar-refractivity contribution < 1.29 is 4.40 Å². The SMILES string of the molecule is Clc1ccc2c(c1)N1C=CC=CC1=NN2c1ccc2nnc3cccc[n+]3c2c1. The van der Waals surface area contributed by atoms with Gasteiger partial charge in [0.15, 0.2) is 16.9 Å². The van der Waals surface area contributed by atoms with Crippen LogP contribution in [-0.4, -0.2) is 16.0 Å². The Bertz CT molecular complexity index is 1390. The minimum atomic E-state index is 0.684. The number of halogens is 1. The number of fused-ring (bicyclic) bond motifs is 6. The fraction of sp³-hybridized carbons (Fsp3) is 0. The van der Waals surface area contributed by atoms with Crippen molar-refractivity contribution in [1.82, 2.24) is 10.2 Å². The molecule has 4 heterocycles. The van der Waals surface area contributed by atoms with Crippen LogP contribution in [0.1, 0.15) is 0 Å². The largest absolute Gasteiger partial charge is 0.355 e. The Balaban J connectivity index is 1.59. The zero-order valence-corrected chi connectivity index (χ0v) is 15.9. The molecule has 0 N–H and O–H groups in total. The van der Waals surface area contributed by atoms with Gasteiger partial charge in [-0.25, -0.2) is 5.01 Å². The smallest absolute Gasteiger partial charge is 0.298 e. The third-order valence-corrected chi connectivity index (χ3v) is 5.26. The average Bonchev–Trinajstić information content (AvgIpc) is 2.78. The first-order valence-electron chi connectivity index (χ1n) is 9.17. The minimum absolute atomic E-state index is 0.684. The fourth-order valence-corrected chi connectivity index (χ4v) is 3.85. The Morgan fingerprint density at radius 2 is 1.86 bits per heavy atom. The molecule has 0 spiro atoms. The number of hydrazone groups is 1. The summed E-state index contributed by atoms with van der Waals surface area (Å²) in [5.41, 5.74) is 5.44. The van der Waals surface area contributed by atoms with Gasteiger partial charge in [0.25, 0.3) is 0 Å². The summed E-state index contributed by atoms with van der Waals surface area (Å²) in [5, 5.41) is 16.1. The van der Waals surface area contributed by atoms with Gasteiger partial charge in [-0.1, -0.05) is 23.7 Å². The molecular weight excluding hydrogens is 384 g/mol. The number of rotatable bonds is 1. The second kappa shape index (κ2) is 6.12. The van der Waals surface area contributed by atoms with E-state index in [1.54, 1.807) is 0 Å². The average molecular weight is 398 g/mol. The summed E-state index contributed by atoms with van der Waals surface area (Å²) in [4.78, 5) is 2.04. The van der Waals surface area contributed by atoms with Gasteiger partial charge >= 0.3 is 5.65 Å². The molecular formula is C22H14ClN6+. The highest BCUT2D eigenvalue weighted by Crippen LogP contribution is 2.41. The van der Waals surface area contributed by atoms with E-state index in [9.17, 15) is 0 Å². The van der Waals surface area contributed by atoms with Gasteiger partial charge < -0.3 is 0 Å². The first-order chi connectivity index (χ1) is 14.3. The van der Waals surface area contributed by atoms with Crippen molar-refractivity contribution in [1.29, 1.82) is 0 Å². The van der Waals surface area contributed by atoms with Gasteiger partial charge in [0, 0.05) is 23.4 Å². The van der Waals surface area contributed by atoms with Crippen molar-refractivity contribution in [3.05, 3.63) is 90.2 Å². The normalized spacial score (nSPS) is 14.9. The summed E-state index contributed by atoms with van der Waals surface area (Å²) in [5.74, 6) is 0.827. The number of hydrogen-bond acceptors (Lipinski definition) is 5. The van der Waals surface area contributed by atoms with Crippen LogP contribution in [0.4, 0.5) is 17.1 Å². The van der Waals surface area contributed by atoms with Gasteiger partial charge in [-0.2, -0.15) is 4.40 Å². The maximum Gasteiger partial charge on any atom is 0.355 e. The Kier molecular flexibility index (Phi) is 3.42. The molecule has 0 aliphatic carbocycles. The first kappa shape index (κ1) is 16.2. The number of benzene rings is 2. The molecule has 0 radical (unpaired) electrons. The summed E-state index contributed by atoms with van der Waals surface area (Å²) in [7, 11) is 0. The number of anilines is 3. The Morgan fingerprint density at radius 1 is 0.897 bits per heavy atom. The maximum atomic E-state index is 6.30. The monoisotopic (exact) mass is 397 g/mol. The van der Waals surface area contributed by atoms with Crippen LogP contribution in [0.2, 0.25) is 5.02 Å². The summed E-state index contributed by atoms with van der Waals surface area (Å²) >= 11 is 6.30. The zero-order valence-electron chi connectivity index (χ0n) is 15.1. The van der Waals surface area contributed by atoms with E-state index in [0.29, 0.717) is 5.02 Å². The van der Waals surface area contributed by atoms with Crippen molar-refractivity contribution in [2.75, 3.05) is 9.91 Å². The van der Waals surface area contributed by atoms with E-state index in [1.165, 1.54) is 0 Å². The fourth-order valence-electron chi connectivity index (χ4n) is 3.69. The van der Waals surface area contributed by atoms with Gasteiger partial charge in [-0.15, -0.1) is 5.10 Å². The van der Waals surface area contributed by atoms with Crippen LogP contribution in [0, 0.1) is 0 Å². The Morgan fingerprint density at radius 3 is 2.83 bits per heavy atom. The third kappa shape index (κ3) is 2.50. The lowest BCUT2D eigenvalue weighted by Crippen LogP contribution is -2.33. The molecule has 2 aliphatic heterocycles. The Hall–Kier alpha value is -3.77. The number of pyridine rings is 1. The summed E-state index contributed by atoms with van der Waals surface area (Å²) in [6.07, 6.45) is 9.92. The molecule has 29 heavy (non-hydrogen) atoms. The second-order valence-corrected chi connectivity index (χ2v) is 7.21. The molecule has 0 saturated heterocycles. The highest BCUT2D eigenvalue weighted by atomic mass is 35.5. The van der Waals surface area contributed by atoms with Crippen molar-refractivity contribution in [3.8, 4) is 0 Å². The van der Waals surface area contributed by atoms with E-state index in [0.717, 1.165) is 39.6 Å². The standard InChI is InChI=1S/C22H14ClN6/c23-15-7-10-18-20(13-15)28-12-4-2-6-22(28)26-29(18)16-8-9-17-19(14-16)27-11-3-1-5-21(27)25-24-17/h1-14H/q+1. The van der Waals surface area contributed by atoms with Crippen LogP contribution in [0.15, 0.2) is 90.3 Å². The van der Waals surface area contributed by atoms with Gasteiger partial charge in [-0.3, -0.25) is 4.90 Å². The van der Waals surface area contributed by atoms with Gasteiger partial charge in [0.05, 0.1) is 28.4 Å². The molecule has 0 unspecified atom stereocenters.